The van der Waals surface area contributed by atoms with Gasteiger partial charge in [0, 0.05) is 12.5 Å². The summed E-state index contributed by atoms with van der Waals surface area (Å²) in [4.78, 5) is 16.7. The zero-order chi connectivity index (χ0) is 18.8. The van der Waals surface area contributed by atoms with Crippen LogP contribution in [0.2, 0.25) is 0 Å². The van der Waals surface area contributed by atoms with Crippen LogP contribution >= 0.6 is 11.3 Å². The number of fused-ring (bicyclic) bond motifs is 1. The molecule has 9 heteroatoms. The maximum absolute atomic E-state index is 12.4. The van der Waals surface area contributed by atoms with Crippen molar-refractivity contribution >= 4 is 32.6 Å². The number of hydrogen-bond acceptors (Lipinski definition) is 5. The normalized spacial score (nSPS) is 17.2. The minimum absolute atomic E-state index is 0.160. The Morgan fingerprint density at radius 3 is 2.69 bits per heavy atom. The SMILES string of the molecule is NCC1(CC(=O)Nc2nc3ccc(OC(F)(F)F)cc3s2)CCCCC1. The second-order valence-electron chi connectivity index (χ2n) is 6.69. The van der Waals surface area contributed by atoms with Crippen molar-refractivity contribution in [2.24, 2.45) is 11.1 Å². The predicted octanol–water partition coefficient (Wildman–Crippen LogP) is 4.43. The molecule has 1 aromatic heterocycles. The molecule has 0 unspecified atom stereocenters. The molecule has 142 valence electrons. The first-order valence-corrected chi connectivity index (χ1v) is 9.27. The average molecular weight is 387 g/mol. The maximum atomic E-state index is 12.4. The van der Waals surface area contributed by atoms with Crippen LogP contribution in [0.1, 0.15) is 38.5 Å². The van der Waals surface area contributed by atoms with Crippen molar-refractivity contribution in [2.75, 3.05) is 11.9 Å². The lowest BCUT2D eigenvalue weighted by molar-refractivity contribution is -0.274. The van der Waals surface area contributed by atoms with Crippen LogP contribution < -0.4 is 15.8 Å². The Labute approximate surface area is 152 Å². The second kappa shape index (κ2) is 7.40. The van der Waals surface area contributed by atoms with Crippen LogP contribution in [0, 0.1) is 5.41 Å². The molecule has 0 radical (unpaired) electrons. The molecule has 5 nitrogen and oxygen atoms in total. The van der Waals surface area contributed by atoms with Crippen molar-refractivity contribution in [3.8, 4) is 5.75 Å². The number of benzene rings is 1. The van der Waals surface area contributed by atoms with Gasteiger partial charge in [0.15, 0.2) is 5.13 Å². The molecule has 3 rings (SSSR count). The summed E-state index contributed by atoms with van der Waals surface area (Å²) in [7, 11) is 0. The summed E-state index contributed by atoms with van der Waals surface area (Å²) in [5.41, 5.74) is 6.26. The summed E-state index contributed by atoms with van der Waals surface area (Å²) in [5.74, 6) is -0.473. The molecule has 1 amide bonds. The van der Waals surface area contributed by atoms with Crippen LogP contribution in [0.5, 0.6) is 5.75 Å². The number of nitrogens with two attached hydrogens (primary N) is 1. The predicted molar refractivity (Wildman–Crippen MR) is 94.1 cm³/mol. The fraction of sp³-hybridized carbons (Fsp3) is 0.529. The quantitative estimate of drug-likeness (QED) is 0.796. The maximum Gasteiger partial charge on any atom is 0.573 e. The van der Waals surface area contributed by atoms with Crippen LogP contribution in [0.15, 0.2) is 18.2 Å². The summed E-state index contributed by atoms with van der Waals surface area (Å²) in [5, 5.41) is 3.11. The molecule has 1 aromatic carbocycles. The molecule has 0 aliphatic heterocycles. The molecular formula is C17H20F3N3O2S. The number of carbonyl (C=O) groups excluding carboxylic acids is 1. The number of carbonyl (C=O) groups is 1. The fourth-order valence-electron chi connectivity index (χ4n) is 3.41. The average Bonchev–Trinajstić information content (AvgIpc) is 2.95. The van der Waals surface area contributed by atoms with E-state index in [0.717, 1.165) is 37.0 Å². The van der Waals surface area contributed by atoms with Gasteiger partial charge in [0.05, 0.1) is 10.2 Å². The van der Waals surface area contributed by atoms with Crippen molar-refractivity contribution in [3.63, 3.8) is 0 Å². The zero-order valence-electron chi connectivity index (χ0n) is 14.1. The number of alkyl halides is 3. The highest BCUT2D eigenvalue weighted by atomic mass is 32.1. The number of ether oxygens (including phenoxy) is 1. The molecule has 1 aliphatic rings. The fourth-order valence-corrected chi connectivity index (χ4v) is 4.32. The van der Waals surface area contributed by atoms with Gasteiger partial charge in [-0.2, -0.15) is 0 Å². The van der Waals surface area contributed by atoms with Gasteiger partial charge in [-0.25, -0.2) is 4.98 Å². The van der Waals surface area contributed by atoms with Crippen LogP contribution in [0.4, 0.5) is 18.3 Å². The molecule has 0 atom stereocenters. The summed E-state index contributed by atoms with van der Waals surface area (Å²) in [6.45, 7) is 0.471. The van der Waals surface area contributed by atoms with Gasteiger partial charge in [-0.15, -0.1) is 13.2 Å². The van der Waals surface area contributed by atoms with Gasteiger partial charge >= 0.3 is 6.36 Å². The summed E-state index contributed by atoms with van der Waals surface area (Å²) in [6, 6.07) is 3.90. The smallest absolute Gasteiger partial charge is 0.406 e. The van der Waals surface area contributed by atoms with Gasteiger partial charge in [0.25, 0.3) is 0 Å². The van der Waals surface area contributed by atoms with Gasteiger partial charge in [0.2, 0.25) is 5.91 Å². The lowest BCUT2D eigenvalue weighted by Crippen LogP contribution is -2.36. The molecule has 3 N–H and O–H groups in total. The Balaban J connectivity index is 1.69. The third-order valence-corrected chi connectivity index (χ3v) is 5.66. The van der Waals surface area contributed by atoms with Crippen molar-refractivity contribution in [3.05, 3.63) is 18.2 Å². The van der Waals surface area contributed by atoms with Crippen molar-refractivity contribution < 1.29 is 22.7 Å². The van der Waals surface area contributed by atoms with Gasteiger partial charge in [-0.05, 0) is 36.9 Å². The Morgan fingerprint density at radius 1 is 1.31 bits per heavy atom. The Morgan fingerprint density at radius 2 is 2.04 bits per heavy atom. The lowest BCUT2D eigenvalue weighted by Gasteiger charge is -2.35. The minimum Gasteiger partial charge on any atom is -0.406 e. The van der Waals surface area contributed by atoms with Gasteiger partial charge < -0.3 is 15.8 Å². The van der Waals surface area contributed by atoms with Crippen molar-refractivity contribution in [2.45, 2.75) is 44.9 Å². The number of nitrogens with zero attached hydrogens (tertiary/aromatic N) is 1. The largest absolute Gasteiger partial charge is 0.573 e. The van der Waals surface area contributed by atoms with E-state index in [0.29, 0.717) is 28.3 Å². The van der Waals surface area contributed by atoms with Crippen LogP contribution in [-0.4, -0.2) is 23.8 Å². The number of halogens is 3. The highest BCUT2D eigenvalue weighted by Crippen LogP contribution is 2.39. The van der Waals surface area contributed by atoms with Crippen molar-refractivity contribution in [1.29, 1.82) is 0 Å². The number of thiazole rings is 1. The minimum atomic E-state index is -4.74. The Kier molecular flexibility index (Phi) is 5.38. The first kappa shape index (κ1) is 18.9. The Hall–Kier alpha value is -1.87. The van der Waals surface area contributed by atoms with E-state index in [4.69, 9.17) is 5.73 Å². The van der Waals surface area contributed by atoms with E-state index < -0.39 is 6.36 Å². The molecule has 1 aliphatic carbocycles. The molecule has 2 aromatic rings. The van der Waals surface area contributed by atoms with Gasteiger partial charge in [0.1, 0.15) is 5.75 Å². The zero-order valence-corrected chi connectivity index (χ0v) is 14.9. The molecule has 1 fully saturated rings. The van der Waals surface area contributed by atoms with Crippen LogP contribution in [0.25, 0.3) is 10.2 Å². The van der Waals surface area contributed by atoms with E-state index in [9.17, 15) is 18.0 Å². The number of aromatic nitrogens is 1. The Bertz CT molecular complexity index is 785. The third-order valence-electron chi connectivity index (χ3n) is 4.72. The number of amides is 1. The molecule has 0 bridgehead atoms. The van der Waals surface area contributed by atoms with Gasteiger partial charge in [-0.3, -0.25) is 4.79 Å². The van der Waals surface area contributed by atoms with Crippen molar-refractivity contribution in [1.82, 2.24) is 4.98 Å². The summed E-state index contributed by atoms with van der Waals surface area (Å²) >= 11 is 1.11. The monoisotopic (exact) mass is 387 g/mol. The van der Waals surface area contributed by atoms with Crippen LogP contribution in [-0.2, 0) is 4.79 Å². The number of nitrogens with one attached hydrogen (secondary N) is 1. The molecule has 0 saturated heterocycles. The molecule has 1 saturated carbocycles. The van der Waals surface area contributed by atoms with E-state index in [1.807, 2.05) is 0 Å². The van der Waals surface area contributed by atoms with Gasteiger partial charge in [-0.1, -0.05) is 30.6 Å². The second-order valence-corrected chi connectivity index (χ2v) is 7.72. The van der Waals surface area contributed by atoms with E-state index in [2.05, 4.69) is 15.0 Å². The highest BCUT2D eigenvalue weighted by Gasteiger charge is 2.33. The first-order chi connectivity index (χ1) is 12.3. The van der Waals surface area contributed by atoms with Crippen LogP contribution in [0.3, 0.4) is 0 Å². The molecule has 26 heavy (non-hydrogen) atoms. The van der Waals surface area contributed by atoms with E-state index >= 15 is 0 Å². The number of hydrogen-bond donors (Lipinski definition) is 2. The topological polar surface area (TPSA) is 77.2 Å². The molecule has 0 spiro atoms. The third kappa shape index (κ3) is 4.64. The first-order valence-electron chi connectivity index (χ1n) is 8.45. The number of rotatable bonds is 5. The molecular weight excluding hydrogens is 367 g/mol. The van der Waals surface area contributed by atoms with E-state index in [1.54, 1.807) is 0 Å². The number of anilines is 1. The van der Waals surface area contributed by atoms with E-state index in [1.165, 1.54) is 24.6 Å². The summed E-state index contributed by atoms with van der Waals surface area (Å²) < 4.78 is 41.3. The van der Waals surface area contributed by atoms with E-state index in [-0.39, 0.29) is 17.1 Å². The lowest BCUT2D eigenvalue weighted by atomic mass is 9.72. The molecule has 1 heterocycles. The highest BCUT2D eigenvalue weighted by molar-refractivity contribution is 7.22. The standard InChI is InChI=1S/C17H20F3N3O2S/c18-17(19,20)25-11-4-5-12-13(8-11)26-15(22-12)23-14(24)9-16(10-21)6-2-1-3-7-16/h4-5,8H,1-3,6-7,9-10,21H2,(H,22,23,24). The summed E-state index contributed by atoms with van der Waals surface area (Å²) in [6.07, 6.45) is 0.794.